The van der Waals surface area contributed by atoms with Crippen LogP contribution in [0.3, 0.4) is 0 Å². The number of para-hydroxylation sites is 1. The third kappa shape index (κ3) is 4.03. The van der Waals surface area contributed by atoms with Crippen molar-refractivity contribution in [3.8, 4) is 0 Å². The van der Waals surface area contributed by atoms with E-state index in [2.05, 4.69) is 0 Å². The minimum atomic E-state index is -3.72. The summed E-state index contributed by atoms with van der Waals surface area (Å²) >= 11 is 8.53. The summed E-state index contributed by atoms with van der Waals surface area (Å²) in [6.45, 7) is 0.373. The second-order valence-corrected chi connectivity index (χ2v) is 10.7. The van der Waals surface area contributed by atoms with Crippen molar-refractivity contribution in [3.63, 3.8) is 0 Å². The summed E-state index contributed by atoms with van der Waals surface area (Å²) < 4.78 is 26.8. The number of hydrogen-bond donors (Lipinski definition) is 0. The number of sulfonamides is 1. The lowest BCUT2D eigenvalue weighted by Crippen LogP contribution is -2.41. The molecule has 1 amide bonds. The second-order valence-electron chi connectivity index (χ2n) is 5.53. The number of thiophene rings is 1. The molecule has 0 atom stereocenters. The Morgan fingerprint density at radius 2 is 2.04 bits per heavy atom. The van der Waals surface area contributed by atoms with Crippen molar-refractivity contribution in [2.45, 2.75) is 15.5 Å². The lowest BCUT2D eigenvalue weighted by molar-refractivity contribution is -0.118. The molecule has 3 rings (SSSR count). The van der Waals surface area contributed by atoms with Crippen LogP contribution in [0.1, 0.15) is 6.42 Å². The van der Waals surface area contributed by atoms with Crippen molar-refractivity contribution in [2.24, 2.45) is 0 Å². The van der Waals surface area contributed by atoms with E-state index in [-0.39, 0.29) is 16.7 Å². The van der Waals surface area contributed by atoms with Crippen molar-refractivity contribution in [2.75, 3.05) is 30.8 Å². The van der Waals surface area contributed by atoms with Crippen LogP contribution in [0.4, 0.5) is 5.69 Å². The van der Waals surface area contributed by atoms with Gasteiger partial charge in [0.1, 0.15) is 4.21 Å². The van der Waals surface area contributed by atoms with E-state index in [9.17, 15) is 13.2 Å². The zero-order valence-corrected chi connectivity index (χ0v) is 16.7. The number of thioether (sulfide) groups is 1. The van der Waals surface area contributed by atoms with Gasteiger partial charge in [-0.1, -0.05) is 23.7 Å². The van der Waals surface area contributed by atoms with E-state index in [0.29, 0.717) is 10.9 Å². The molecular formula is C16H17ClN2O3S3. The quantitative estimate of drug-likeness (QED) is 0.764. The number of halogens is 1. The normalized spacial score (nSPS) is 15.1. The molecule has 5 nitrogen and oxygen atoms in total. The number of anilines is 1. The molecule has 0 radical (unpaired) electrons. The average Bonchev–Trinajstić information content (AvgIpc) is 2.91. The van der Waals surface area contributed by atoms with E-state index in [1.165, 1.54) is 19.2 Å². The van der Waals surface area contributed by atoms with Gasteiger partial charge in [0.05, 0.1) is 16.6 Å². The third-order valence-corrected chi connectivity index (χ3v) is 8.46. The van der Waals surface area contributed by atoms with Crippen molar-refractivity contribution >= 4 is 56.3 Å². The summed E-state index contributed by atoms with van der Waals surface area (Å²) in [5.41, 5.74) is 0.847. The minimum Gasteiger partial charge on any atom is -0.310 e. The molecule has 0 saturated carbocycles. The highest BCUT2D eigenvalue weighted by molar-refractivity contribution is 7.99. The number of carbonyl (C=O) groups is 1. The largest absolute Gasteiger partial charge is 0.310 e. The molecular weight excluding hydrogens is 400 g/mol. The first-order chi connectivity index (χ1) is 11.9. The number of rotatable bonds is 4. The topological polar surface area (TPSA) is 57.7 Å². The van der Waals surface area contributed by atoms with Crippen LogP contribution in [-0.2, 0) is 14.8 Å². The zero-order chi connectivity index (χ0) is 18.0. The SMILES string of the molecule is CN(CC(=O)N1CCCSc2ccccc21)S(=O)(=O)c1ccc(Cl)s1. The molecule has 2 aromatic rings. The van der Waals surface area contributed by atoms with Crippen LogP contribution < -0.4 is 4.90 Å². The third-order valence-electron chi connectivity index (χ3n) is 3.81. The molecule has 0 fully saturated rings. The Morgan fingerprint density at radius 3 is 2.76 bits per heavy atom. The standard InChI is InChI=1S/C16H17ClN2O3S3/c1-18(25(21,22)16-8-7-14(17)24-16)11-15(20)19-9-4-10-23-13-6-3-2-5-12(13)19/h2-3,5-8H,4,9-11H2,1H3. The molecule has 2 heterocycles. The summed E-state index contributed by atoms with van der Waals surface area (Å²) in [6.07, 6.45) is 0.863. The highest BCUT2D eigenvalue weighted by Crippen LogP contribution is 2.34. The Kier molecular flexibility index (Phi) is 5.75. The first kappa shape index (κ1) is 18.7. The Bertz CT molecular complexity index is 882. The van der Waals surface area contributed by atoms with Gasteiger partial charge in [0, 0.05) is 18.5 Å². The van der Waals surface area contributed by atoms with Gasteiger partial charge in [-0.05, 0) is 36.4 Å². The monoisotopic (exact) mass is 416 g/mol. The Balaban J connectivity index is 1.80. The first-order valence-electron chi connectivity index (χ1n) is 7.63. The highest BCUT2D eigenvalue weighted by atomic mass is 35.5. The van der Waals surface area contributed by atoms with Gasteiger partial charge in [-0.2, -0.15) is 4.31 Å². The lowest BCUT2D eigenvalue weighted by Gasteiger charge is -2.25. The fraction of sp³-hybridized carbons (Fsp3) is 0.312. The average molecular weight is 417 g/mol. The van der Waals surface area contributed by atoms with Gasteiger partial charge in [-0.15, -0.1) is 23.1 Å². The molecule has 9 heteroatoms. The molecule has 0 spiro atoms. The van der Waals surface area contributed by atoms with Crippen molar-refractivity contribution in [1.82, 2.24) is 4.31 Å². The molecule has 1 aliphatic rings. The van der Waals surface area contributed by atoms with Gasteiger partial charge >= 0.3 is 0 Å². The molecule has 1 aromatic heterocycles. The predicted molar refractivity (Wildman–Crippen MR) is 103 cm³/mol. The fourth-order valence-electron chi connectivity index (χ4n) is 2.54. The van der Waals surface area contributed by atoms with Crippen molar-refractivity contribution in [1.29, 1.82) is 0 Å². The number of carbonyl (C=O) groups excluding carboxylic acids is 1. The second kappa shape index (κ2) is 7.67. The van der Waals surface area contributed by atoms with Gasteiger partial charge in [0.15, 0.2) is 0 Å². The van der Waals surface area contributed by atoms with Gasteiger partial charge in [0.2, 0.25) is 5.91 Å². The Morgan fingerprint density at radius 1 is 1.28 bits per heavy atom. The molecule has 1 aliphatic heterocycles. The minimum absolute atomic E-state index is 0.139. The van der Waals surface area contributed by atoms with Gasteiger partial charge in [0.25, 0.3) is 10.0 Å². The smallest absolute Gasteiger partial charge is 0.252 e. The fourth-order valence-corrected chi connectivity index (χ4v) is 6.35. The van der Waals surface area contributed by atoms with E-state index in [1.807, 2.05) is 24.3 Å². The maximum absolute atomic E-state index is 12.8. The number of benzene rings is 1. The molecule has 0 saturated heterocycles. The van der Waals surface area contributed by atoms with Crippen LogP contribution in [0.2, 0.25) is 4.34 Å². The van der Waals surface area contributed by atoms with Gasteiger partial charge in [-0.25, -0.2) is 8.42 Å². The van der Waals surface area contributed by atoms with E-state index in [1.54, 1.807) is 16.7 Å². The number of hydrogen-bond acceptors (Lipinski definition) is 5. The predicted octanol–water partition coefficient (Wildman–Crippen LogP) is 3.55. The summed E-state index contributed by atoms with van der Waals surface area (Å²) in [7, 11) is -2.31. The van der Waals surface area contributed by atoms with Crippen LogP contribution >= 0.6 is 34.7 Å². The number of fused-ring (bicyclic) bond motifs is 1. The molecule has 0 unspecified atom stereocenters. The van der Waals surface area contributed by atoms with Crippen LogP contribution in [0.25, 0.3) is 0 Å². The van der Waals surface area contributed by atoms with E-state index >= 15 is 0 Å². The molecule has 1 aromatic carbocycles. The number of nitrogens with zero attached hydrogens (tertiary/aromatic N) is 2. The molecule has 0 N–H and O–H groups in total. The van der Waals surface area contributed by atoms with E-state index < -0.39 is 10.0 Å². The first-order valence-corrected chi connectivity index (χ1v) is 11.3. The van der Waals surface area contributed by atoms with Crippen molar-refractivity contribution < 1.29 is 13.2 Å². The molecule has 25 heavy (non-hydrogen) atoms. The molecule has 0 bridgehead atoms. The van der Waals surface area contributed by atoms with E-state index in [0.717, 1.165) is 38.4 Å². The van der Waals surface area contributed by atoms with Crippen LogP contribution in [-0.4, -0.2) is 44.5 Å². The van der Waals surface area contributed by atoms with Crippen LogP contribution in [0, 0.1) is 0 Å². The lowest BCUT2D eigenvalue weighted by atomic mass is 10.2. The summed E-state index contributed by atoms with van der Waals surface area (Å²) in [4.78, 5) is 15.5. The van der Waals surface area contributed by atoms with Crippen LogP contribution in [0.15, 0.2) is 45.5 Å². The molecule has 0 aliphatic carbocycles. The number of likely N-dealkylation sites (N-methyl/N-ethyl adjacent to an activating group) is 1. The summed E-state index contributed by atoms with van der Waals surface area (Å²) in [6, 6.07) is 10.7. The van der Waals surface area contributed by atoms with Crippen LogP contribution in [0.5, 0.6) is 0 Å². The maximum Gasteiger partial charge on any atom is 0.252 e. The summed E-state index contributed by atoms with van der Waals surface area (Å²) in [5, 5.41) is 0. The van der Waals surface area contributed by atoms with Gasteiger partial charge < -0.3 is 4.90 Å². The molecule has 134 valence electrons. The summed E-state index contributed by atoms with van der Waals surface area (Å²) in [5.74, 6) is 0.700. The maximum atomic E-state index is 12.8. The van der Waals surface area contributed by atoms with E-state index in [4.69, 9.17) is 11.6 Å². The van der Waals surface area contributed by atoms with Crippen molar-refractivity contribution in [3.05, 3.63) is 40.7 Å². The highest BCUT2D eigenvalue weighted by Gasteiger charge is 2.28. The Labute approximate surface area is 160 Å². The van der Waals surface area contributed by atoms with Gasteiger partial charge in [-0.3, -0.25) is 4.79 Å². The number of amides is 1. The zero-order valence-electron chi connectivity index (χ0n) is 13.5. The Hall–Kier alpha value is -1.06.